The molecule has 1 unspecified atom stereocenters. The molecule has 11 nitrogen and oxygen atoms in total. The number of halogens is 1. The maximum absolute atomic E-state index is 15.4. The summed E-state index contributed by atoms with van der Waals surface area (Å²) in [6.45, 7) is 2.92. The van der Waals surface area contributed by atoms with Crippen LogP contribution < -0.4 is 16.2 Å². The molecule has 4 aromatic rings. The Labute approximate surface area is 211 Å². The van der Waals surface area contributed by atoms with Gasteiger partial charge in [-0.15, -0.1) is 9.78 Å². The van der Waals surface area contributed by atoms with Crippen molar-refractivity contribution in [3.63, 3.8) is 0 Å². The third-order valence-electron chi connectivity index (χ3n) is 5.22. The molecule has 0 fully saturated rings. The van der Waals surface area contributed by atoms with Gasteiger partial charge in [0.05, 0.1) is 13.0 Å². The maximum Gasteiger partial charge on any atom is 0.350 e. The van der Waals surface area contributed by atoms with Gasteiger partial charge in [0, 0.05) is 30.4 Å². The van der Waals surface area contributed by atoms with Gasteiger partial charge in [-0.1, -0.05) is 30.3 Å². The Morgan fingerprint density at radius 1 is 1.24 bits per heavy atom. The lowest BCUT2D eigenvalue weighted by Gasteiger charge is -2.18. The number of nitrogen functional groups attached to an aromatic ring is 1. The van der Waals surface area contributed by atoms with E-state index >= 15 is 4.39 Å². The van der Waals surface area contributed by atoms with Gasteiger partial charge in [0.15, 0.2) is 11.6 Å². The minimum absolute atomic E-state index is 0.0431. The van der Waals surface area contributed by atoms with Crippen molar-refractivity contribution in [2.24, 2.45) is 5.73 Å². The van der Waals surface area contributed by atoms with E-state index in [-0.39, 0.29) is 23.4 Å². The van der Waals surface area contributed by atoms with E-state index in [0.717, 1.165) is 22.7 Å². The number of aliphatic carboxylic acids is 1. The number of rotatable bonds is 7. The number of aromatic nitrogens is 5. The highest BCUT2D eigenvalue weighted by molar-refractivity contribution is 5.94. The highest BCUT2D eigenvalue weighted by Gasteiger charge is 2.26. The molecule has 192 valence electrons. The van der Waals surface area contributed by atoms with E-state index in [1.807, 2.05) is 19.1 Å². The number of nitrogens with one attached hydrogen (secondary N) is 2. The van der Waals surface area contributed by atoms with Crippen LogP contribution in [0.2, 0.25) is 0 Å². The van der Waals surface area contributed by atoms with E-state index in [1.165, 1.54) is 19.5 Å². The van der Waals surface area contributed by atoms with Crippen molar-refractivity contribution in [2.45, 2.75) is 26.2 Å². The summed E-state index contributed by atoms with van der Waals surface area (Å²) in [5.74, 6) is -1.57. The van der Waals surface area contributed by atoms with Crippen LogP contribution in [0, 0.1) is 18.2 Å². The van der Waals surface area contributed by atoms with Crippen molar-refractivity contribution in [2.75, 3.05) is 7.11 Å². The fourth-order valence-electron chi connectivity index (χ4n) is 3.61. The van der Waals surface area contributed by atoms with E-state index in [0.29, 0.717) is 17.5 Å². The maximum atomic E-state index is 15.4. The first-order valence-corrected chi connectivity index (χ1v) is 11.0. The summed E-state index contributed by atoms with van der Waals surface area (Å²) in [6, 6.07) is 12.0. The Kier molecular flexibility index (Phi) is 8.46. The first-order valence-electron chi connectivity index (χ1n) is 11.0. The van der Waals surface area contributed by atoms with E-state index in [4.69, 9.17) is 25.8 Å². The number of methoxy groups -OCH3 is 1. The molecule has 0 aliphatic heterocycles. The van der Waals surface area contributed by atoms with Crippen LogP contribution in [0.4, 0.5) is 4.39 Å². The molecule has 0 aliphatic carbocycles. The van der Waals surface area contributed by atoms with Gasteiger partial charge in [-0.05, 0) is 36.6 Å². The fraction of sp³-hybridized carbons (Fsp3) is 0.200. The van der Waals surface area contributed by atoms with Gasteiger partial charge in [-0.25, -0.2) is 19.2 Å². The number of aryl methyl sites for hydroxylation is 1. The van der Waals surface area contributed by atoms with Crippen molar-refractivity contribution in [3.05, 3.63) is 99.2 Å². The van der Waals surface area contributed by atoms with Crippen LogP contribution >= 0.6 is 0 Å². The van der Waals surface area contributed by atoms with Gasteiger partial charge in [0.1, 0.15) is 11.7 Å². The molecule has 2 aromatic carbocycles. The standard InChI is InChI=1S/C23H22FN7O2.C2H4O2/c1-13-10-16(19(24)18(11-13)33-2)17(12-14-4-6-15(7-5-14)20(25)26)21-29-23(32)31(30-21)22-27-8-3-9-28-22;1-2(3)4/h3-11,17H,12H2,1-2H3,(H3,25,26)(H,29,30,32);1H3,(H,3,4). The molecule has 0 saturated carbocycles. The summed E-state index contributed by atoms with van der Waals surface area (Å²) in [4.78, 5) is 32.5. The topological polar surface area (TPSA) is 173 Å². The second kappa shape index (κ2) is 11.7. The van der Waals surface area contributed by atoms with Crippen molar-refractivity contribution in [3.8, 4) is 11.7 Å². The van der Waals surface area contributed by atoms with Crippen molar-refractivity contribution in [1.29, 1.82) is 5.41 Å². The van der Waals surface area contributed by atoms with Crippen LogP contribution in [0.1, 0.15) is 40.9 Å². The molecular weight excluding hydrogens is 481 g/mol. The normalized spacial score (nSPS) is 11.2. The van der Waals surface area contributed by atoms with Crippen LogP contribution in [0.25, 0.3) is 5.95 Å². The number of hydrogen-bond acceptors (Lipinski definition) is 7. The Bertz CT molecular complexity index is 1450. The number of H-pyrrole nitrogens is 1. The summed E-state index contributed by atoms with van der Waals surface area (Å²) in [6.07, 6.45) is 3.33. The summed E-state index contributed by atoms with van der Waals surface area (Å²) in [5, 5.41) is 19.4. The summed E-state index contributed by atoms with van der Waals surface area (Å²) >= 11 is 0. The zero-order chi connectivity index (χ0) is 27.1. The van der Waals surface area contributed by atoms with Gasteiger partial charge < -0.3 is 15.6 Å². The minimum atomic E-state index is -0.833. The smallest absolute Gasteiger partial charge is 0.350 e. The number of nitrogens with two attached hydrogens (primary N) is 1. The van der Waals surface area contributed by atoms with Crippen LogP contribution in [-0.2, 0) is 11.2 Å². The first-order chi connectivity index (χ1) is 17.6. The molecule has 4 rings (SSSR count). The molecule has 12 heteroatoms. The van der Waals surface area contributed by atoms with Crippen LogP contribution in [0.15, 0.2) is 59.7 Å². The van der Waals surface area contributed by atoms with E-state index in [9.17, 15) is 4.79 Å². The number of carboxylic acid groups (broad SMARTS) is 1. The Morgan fingerprint density at radius 3 is 2.43 bits per heavy atom. The molecule has 37 heavy (non-hydrogen) atoms. The molecule has 0 saturated heterocycles. The lowest BCUT2D eigenvalue weighted by molar-refractivity contribution is -0.134. The molecule has 0 aliphatic rings. The number of ether oxygens (including phenoxy) is 1. The zero-order valence-electron chi connectivity index (χ0n) is 20.4. The predicted octanol–water partition coefficient (Wildman–Crippen LogP) is 2.56. The lowest BCUT2D eigenvalue weighted by Crippen LogP contribution is -2.18. The zero-order valence-corrected chi connectivity index (χ0v) is 20.4. The number of carboxylic acids is 1. The molecule has 0 spiro atoms. The third-order valence-corrected chi connectivity index (χ3v) is 5.22. The summed E-state index contributed by atoms with van der Waals surface area (Å²) in [5.41, 5.74) is 7.57. The fourth-order valence-corrected chi connectivity index (χ4v) is 3.61. The van der Waals surface area contributed by atoms with Crippen LogP contribution in [0.5, 0.6) is 5.75 Å². The summed E-state index contributed by atoms with van der Waals surface area (Å²) in [7, 11) is 1.40. The average Bonchev–Trinajstić information content (AvgIpc) is 3.25. The van der Waals surface area contributed by atoms with Gasteiger partial charge in [-0.2, -0.15) is 0 Å². The quantitative estimate of drug-likeness (QED) is 0.218. The average molecular weight is 508 g/mol. The van der Waals surface area contributed by atoms with Crippen LogP contribution in [0.3, 0.4) is 0 Å². The lowest BCUT2D eigenvalue weighted by atomic mass is 9.89. The van der Waals surface area contributed by atoms with Gasteiger partial charge in [0.25, 0.3) is 11.9 Å². The highest BCUT2D eigenvalue weighted by atomic mass is 19.1. The SMILES string of the molecule is CC(=O)O.COc1cc(C)cc(C(Cc2ccc(C(=N)N)cc2)c2nn(-c3ncccn3)c(=O)[nH]2)c1F. The molecule has 0 radical (unpaired) electrons. The molecule has 5 N–H and O–H groups in total. The third kappa shape index (κ3) is 6.63. The van der Waals surface area contributed by atoms with E-state index < -0.39 is 23.4 Å². The van der Waals surface area contributed by atoms with E-state index in [1.54, 1.807) is 30.3 Å². The Hall–Kier alpha value is -4.87. The van der Waals surface area contributed by atoms with Crippen LogP contribution in [-0.4, -0.2) is 48.8 Å². The van der Waals surface area contributed by atoms with Crippen molar-refractivity contribution < 1.29 is 19.0 Å². The van der Waals surface area contributed by atoms with Gasteiger partial charge in [0.2, 0.25) is 0 Å². The van der Waals surface area contributed by atoms with E-state index in [2.05, 4.69) is 20.1 Å². The second-order valence-corrected chi connectivity index (χ2v) is 8.03. The van der Waals surface area contributed by atoms with Gasteiger partial charge >= 0.3 is 5.69 Å². The minimum Gasteiger partial charge on any atom is -0.494 e. The molecular formula is C25H26FN7O4. The van der Waals surface area contributed by atoms with Crippen molar-refractivity contribution >= 4 is 11.8 Å². The monoisotopic (exact) mass is 507 g/mol. The largest absolute Gasteiger partial charge is 0.494 e. The Balaban J connectivity index is 0.000000886. The highest BCUT2D eigenvalue weighted by Crippen LogP contribution is 2.33. The second-order valence-electron chi connectivity index (χ2n) is 8.03. The van der Waals surface area contributed by atoms with Crippen molar-refractivity contribution in [1.82, 2.24) is 24.7 Å². The number of nitrogens with zero attached hydrogens (tertiary/aromatic N) is 4. The predicted molar refractivity (Wildman–Crippen MR) is 134 cm³/mol. The first kappa shape index (κ1) is 26.7. The summed E-state index contributed by atoms with van der Waals surface area (Å²) < 4.78 is 21.6. The molecule has 2 aromatic heterocycles. The molecule has 0 amide bonds. The molecule has 0 bridgehead atoms. The number of aromatic amines is 1. The molecule has 2 heterocycles. The van der Waals surface area contributed by atoms with Gasteiger partial charge in [-0.3, -0.25) is 15.2 Å². The number of benzene rings is 2. The number of hydrogen-bond donors (Lipinski definition) is 4. The number of amidine groups is 1. The molecule has 1 atom stereocenters. The Morgan fingerprint density at radius 2 is 1.86 bits per heavy atom. The number of carbonyl (C=O) groups is 1.